The summed E-state index contributed by atoms with van der Waals surface area (Å²) in [6, 6.07) is 6.18. The Morgan fingerprint density at radius 1 is 1.14 bits per heavy atom. The molecule has 1 N–H and O–H groups in total. The molecule has 21 heavy (non-hydrogen) atoms. The van der Waals surface area contributed by atoms with Crippen LogP contribution in [-0.2, 0) is 5.41 Å². The molecule has 2 rings (SSSR count). The van der Waals surface area contributed by atoms with E-state index in [-0.39, 0.29) is 11.2 Å². The highest BCUT2D eigenvalue weighted by Crippen LogP contribution is 2.32. The number of nitrogens with zero attached hydrogens (tertiary/aromatic N) is 2. The minimum Gasteiger partial charge on any atom is -0.496 e. The maximum absolute atomic E-state index is 13.6. The van der Waals surface area contributed by atoms with E-state index in [2.05, 4.69) is 15.3 Å². The molecule has 0 amide bonds. The molecule has 0 atom stereocenters. The van der Waals surface area contributed by atoms with Crippen LogP contribution >= 0.6 is 0 Å². The van der Waals surface area contributed by atoms with Crippen molar-refractivity contribution in [2.45, 2.75) is 26.2 Å². The first-order valence-corrected chi connectivity index (χ1v) is 6.76. The zero-order valence-electron chi connectivity index (χ0n) is 13.0. The SMILES string of the molecule is CNc1cc(-c2cc(F)ccc2OC)nc(C(C)(C)C)n1. The predicted molar refractivity (Wildman–Crippen MR) is 82.2 cm³/mol. The summed E-state index contributed by atoms with van der Waals surface area (Å²) in [5.74, 6) is 1.64. The molecule has 1 aromatic heterocycles. The smallest absolute Gasteiger partial charge is 0.136 e. The first-order valence-electron chi connectivity index (χ1n) is 6.76. The second kappa shape index (κ2) is 5.68. The number of methoxy groups -OCH3 is 1. The van der Waals surface area contributed by atoms with Gasteiger partial charge in [0.1, 0.15) is 23.2 Å². The van der Waals surface area contributed by atoms with Gasteiger partial charge in [-0.15, -0.1) is 0 Å². The van der Waals surface area contributed by atoms with Gasteiger partial charge in [-0.1, -0.05) is 20.8 Å². The normalized spacial score (nSPS) is 11.3. The third-order valence-electron chi connectivity index (χ3n) is 3.09. The van der Waals surface area contributed by atoms with Gasteiger partial charge in [0.25, 0.3) is 0 Å². The van der Waals surface area contributed by atoms with Crippen LogP contribution in [0.4, 0.5) is 10.2 Å². The van der Waals surface area contributed by atoms with Gasteiger partial charge in [0.15, 0.2) is 0 Å². The minimum atomic E-state index is -0.326. The number of aromatic nitrogens is 2. The lowest BCUT2D eigenvalue weighted by molar-refractivity contribution is 0.415. The highest BCUT2D eigenvalue weighted by Gasteiger charge is 2.20. The van der Waals surface area contributed by atoms with Crippen LogP contribution in [0.1, 0.15) is 26.6 Å². The van der Waals surface area contributed by atoms with E-state index in [0.29, 0.717) is 28.6 Å². The zero-order valence-corrected chi connectivity index (χ0v) is 13.0. The summed E-state index contributed by atoms with van der Waals surface area (Å²) < 4.78 is 18.9. The Morgan fingerprint density at radius 3 is 2.43 bits per heavy atom. The molecule has 0 saturated carbocycles. The van der Waals surface area contributed by atoms with E-state index < -0.39 is 0 Å². The first kappa shape index (κ1) is 15.2. The molecule has 0 spiro atoms. The highest BCUT2D eigenvalue weighted by molar-refractivity contribution is 5.69. The lowest BCUT2D eigenvalue weighted by Crippen LogP contribution is -2.17. The Balaban J connectivity index is 2.66. The van der Waals surface area contributed by atoms with E-state index in [9.17, 15) is 4.39 Å². The largest absolute Gasteiger partial charge is 0.496 e. The molecular weight excluding hydrogens is 269 g/mol. The Hall–Kier alpha value is -2.17. The number of benzene rings is 1. The van der Waals surface area contributed by atoms with Gasteiger partial charge in [-0.2, -0.15) is 0 Å². The van der Waals surface area contributed by atoms with Crippen molar-refractivity contribution in [3.63, 3.8) is 0 Å². The molecule has 0 aliphatic heterocycles. The molecular formula is C16H20FN3O. The van der Waals surface area contributed by atoms with Gasteiger partial charge >= 0.3 is 0 Å². The molecule has 2 aromatic rings. The minimum absolute atomic E-state index is 0.206. The van der Waals surface area contributed by atoms with Gasteiger partial charge in [0, 0.05) is 24.1 Å². The molecule has 0 aliphatic rings. The Kier molecular flexibility index (Phi) is 4.11. The van der Waals surface area contributed by atoms with Gasteiger partial charge < -0.3 is 10.1 Å². The number of ether oxygens (including phenoxy) is 1. The average molecular weight is 289 g/mol. The third-order valence-corrected chi connectivity index (χ3v) is 3.09. The monoisotopic (exact) mass is 289 g/mol. The molecule has 0 aliphatic carbocycles. The lowest BCUT2D eigenvalue weighted by Gasteiger charge is -2.19. The summed E-state index contributed by atoms with van der Waals surface area (Å²) in [4.78, 5) is 9.04. The van der Waals surface area contributed by atoms with Crippen LogP contribution in [0.3, 0.4) is 0 Å². The number of halogens is 1. The van der Waals surface area contributed by atoms with E-state index in [1.165, 1.54) is 12.1 Å². The second-order valence-electron chi connectivity index (χ2n) is 5.81. The average Bonchev–Trinajstić information content (AvgIpc) is 2.45. The van der Waals surface area contributed by atoms with E-state index in [1.807, 2.05) is 20.8 Å². The van der Waals surface area contributed by atoms with E-state index >= 15 is 0 Å². The number of rotatable bonds is 3. The van der Waals surface area contributed by atoms with Crippen LogP contribution in [0.15, 0.2) is 24.3 Å². The number of anilines is 1. The Bertz CT molecular complexity index is 650. The number of nitrogens with one attached hydrogen (secondary N) is 1. The van der Waals surface area contributed by atoms with Crippen molar-refractivity contribution in [2.75, 3.05) is 19.5 Å². The summed E-state index contributed by atoms with van der Waals surface area (Å²) >= 11 is 0. The maximum Gasteiger partial charge on any atom is 0.136 e. The molecule has 5 heteroatoms. The van der Waals surface area contributed by atoms with Crippen molar-refractivity contribution in [3.05, 3.63) is 35.9 Å². The van der Waals surface area contributed by atoms with Gasteiger partial charge in [-0.3, -0.25) is 0 Å². The molecule has 4 nitrogen and oxygen atoms in total. The second-order valence-corrected chi connectivity index (χ2v) is 5.81. The fourth-order valence-corrected chi connectivity index (χ4v) is 1.93. The van der Waals surface area contributed by atoms with Crippen molar-refractivity contribution < 1.29 is 9.13 Å². The molecule has 1 aromatic carbocycles. The Morgan fingerprint density at radius 2 is 1.86 bits per heavy atom. The van der Waals surface area contributed by atoms with Crippen LogP contribution in [0.2, 0.25) is 0 Å². The van der Waals surface area contributed by atoms with E-state index in [4.69, 9.17) is 4.74 Å². The fourth-order valence-electron chi connectivity index (χ4n) is 1.93. The summed E-state index contributed by atoms with van der Waals surface area (Å²) in [6.45, 7) is 6.11. The van der Waals surface area contributed by atoms with Crippen LogP contribution in [0.25, 0.3) is 11.3 Å². The lowest BCUT2D eigenvalue weighted by atomic mass is 9.95. The van der Waals surface area contributed by atoms with Gasteiger partial charge in [-0.25, -0.2) is 14.4 Å². The standard InChI is InChI=1S/C16H20FN3O/c1-16(2,3)15-19-12(9-14(18-4)20-15)11-8-10(17)6-7-13(11)21-5/h6-9H,1-5H3,(H,18,19,20). The van der Waals surface area contributed by atoms with Crippen molar-refractivity contribution in [3.8, 4) is 17.0 Å². The molecule has 0 fully saturated rings. The third kappa shape index (κ3) is 3.29. The van der Waals surface area contributed by atoms with Crippen LogP contribution < -0.4 is 10.1 Å². The highest BCUT2D eigenvalue weighted by atomic mass is 19.1. The number of hydrogen-bond donors (Lipinski definition) is 1. The molecule has 112 valence electrons. The van der Waals surface area contributed by atoms with Crippen LogP contribution in [-0.4, -0.2) is 24.1 Å². The van der Waals surface area contributed by atoms with E-state index in [1.54, 1.807) is 26.3 Å². The maximum atomic E-state index is 13.6. The zero-order chi connectivity index (χ0) is 15.6. The van der Waals surface area contributed by atoms with Gasteiger partial charge in [0.05, 0.1) is 12.8 Å². The van der Waals surface area contributed by atoms with Crippen molar-refractivity contribution in [1.29, 1.82) is 0 Å². The van der Waals surface area contributed by atoms with Gasteiger partial charge in [0.2, 0.25) is 0 Å². The van der Waals surface area contributed by atoms with Crippen LogP contribution in [0.5, 0.6) is 5.75 Å². The van der Waals surface area contributed by atoms with E-state index in [0.717, 1.165) is 0 Å². The number of hydrogen-bond acceptors (Lipinski definition) is 4. The molecule has 0 radical (unpaired) electrons. The molecule has 0 bridgehead atoms. The summed E-state index contributed by atoms with van der Waals surface area (Å²) in [5, 5.41) is 3.02. The van der Waals surface area contributed by atoms with Crippen molar-refractivity contribution in [2.24, 2.45) is 0 Å². The summed E-state index contributed by atoms with van der Waals surface area (Å²) in [5.41, 5.74) is 1.04. The quantitative estimate of drug-likeness (QED) is 0.937. The summed E-state index contributed by atoms with van der Waals surface area (Å²) in [6.07, 6.45) is 0. The fraction of sp³-hybridized carbons (Fsp3) is 0.375. The van der Waals surface area contributed by atoms with Crippen molar-refractivity contribution in [1.82, 2.24) is 9.97 Å². The van der Waals surface area contributed by atoms with Gasteiger partial charge in [-0.05, 0) is 18.2 Å². The summed E-state index contributed by atoms with van der Waals surface area (Å²) in [7, 11) is 3.35. The Labute approximate surface area is 124 Å². The predicted octanol–water partition coefficient (Wildman–Crippen LogP) is 3.63. The molecule has 0 saturated heterocycles. The molecule has 0 unspecified atom stereocenters. The van der Waals surface area contributed by atoms with Crippen molar-refractivity contribution >= 4 is 5.82 Å². The van der Waals surface area contributed by atoms with Crippen LogP contribution in [0, 0.1) is 5.82 Å². The molecule has 1 heterocycles. The topological polar surface area (TPSA) is 47.0 Å². The first-order chi connectivity index (χ1) is 9.85.